The lowest BCUT2D eigenvalue weighted by Crippen LogP contribution is -2.22. The molecule has 19 heavy (non-hydrogen) atoms. The molecule has 0 spiro atoms. The van der Waals surface area contributed by atoms with Crippen LogP contribution in [0, 0.1) is 8.99 Å². The van der Waals surface area contributed by atoms with Crippen LogP contribution in [-0.4, -0.2) is 21.3 Å². The average molecular weight is 377 g/mol. The second-order valence-electron chi connectivity index (χ2n) is 4.74. The highest BCUT2D eigenvalue weighted by atomic mass is 127. The highest BCUT2D eigenvalue weighted by Crippen LogP contribution is 2.38. The van der Waals surface area contributed by atoms with Gasteiger partial charge in [0.15, 0.2) is 0 Å². The van der Waals surface area contributed by atoms with Gasteiger partial charge < -0.3 is 10.2 Å². The molecule has 0 aliphatic heterocycles. The summed E-state index contributed by atoms with van der Waals surface area (Å²) in [6.45, 7) is 3.44. The molecule has 0 radical (unpaired) electrons. The van der Waals surface area contributed by atoms with Crippen molar-refractivity contribution in [2.24, 2.45) is 5.41 Å². The Bertz CT molecular complexity index is 499. The molecule has 0 aliphatic carbocycles. The number of aromatic hydroxyl groups is 1. The first-order valence-electron chi connectivity index (χ1n) is 5.57. The zero-order valence-corrected chi connectivity index (χ0v) is 12.7. The van der Waals surface area contributed by atoms with E-state index < -0.39 is 17.4 Å². The van der Waals surface area contributed by atoms with Crippen LogP contribution >= 0.6 is 22.6 Å². The van der Waals surface area contributed by atoms with Crippen molar-refractivity contribution in [2.75, 3.05) is 0 Å². The van der Waals surface area contributed by atoms with Gasteiger partial charge >= 0.3 is 0 Å². The van der Waals surface area contributed by atoms with Crippen LogP contribution in [0.2, 0.25) is 0 Å². The van der Waals surface area contributed by atoms with Gasteiger partial charge in [0.25, 0.3) is 5.91 Å². The second-order valence-corrected chi connectivity index (χ2v) is 5.98. The number of carbonyl (C=O) groups is 1. The number of amides is 1. The number of aliphatic hydroxyl groups is 1. The van der Waals surface area contributed by atoms with Crippen molar-refractivity contribution in [3.05, 3.63) is 39.5 Å². The van der Waals surface area contributed by atoms with Crippen LogP contribution in [0.25, 0.3) is 0 Å². The van der Waals surface area contributed by atoms with E-state index in [4.69, 9.17) is 5.21 Å². The molecule has 0 aliphatic rings. The summed E-state index contributed by atoms with van der Waals surface area (Å²) in [6.07, 6.45) is 1.63. The zero-order chi connectivity index (χ0) is 14.6. The molecule has 0 heterocycles. The Labute approximate surface area is 125 Å². The van der Waals surface area contributed by atoms with E-state index >= 15 is 0 Å². The van der Waals surface area contributed by atoms with E-state index in [1.807, 2.05) is 0 Å². The Morgan fingerprint density at radius 2 is 2.11 bits per heavy atom. The Morgan fingerprint density at radius 3 is 2.68 bits per heavy atom. The lowest BCUT2D eigenvalue weighted by Gasteiger charge is -2.28. The summed E-state index contributed by atoms with van der Waals surface area (Å²) in [6, 6.07) is 4.93. The van der Waals surface area contributed by atoms with Gasteiger partial charge in [-0.1, -0.05) is 19.9 Å². The number of hydrogen-bond donors (Lipinski definition) is 4. The molecule has 104 valence electrons. The summed E-state index contributed by atoms with van der Waals surface area (Å²) in [7, 11) is 0. The molecule has 0 bridgehead atoms. The largest absolute Gasteiger partial charge is 0.508 e. The summed E-state index contributed by atoms with van der Waals surface area (Å²) < 4.78 is 0.886. The fourth-order valence-corrected chi connectivity index (χ4v) is 2.08. The van der Waals surface area contributed by atoms with Crippen LogP contribution in [0.1, 0.15) is 25.5 Å². The van der Waals surface area contributed by atoms with Crippen molar-refractivity contribution in [1.29, 1.82) is 0 Å². The van der Waals surface area contributed by atoms with Crippen molar-refractivity contribution in [3.8, 4) is 5.75 Å². The van der Waals surface area contributed by atoms with Crippen molar-refractivity contribution in [1.82, 2.24) is 5.48 Å². The van der Waals surface area contributed by atoms with Crippen molar-refractivity contribution in [2.45, 2.75) is 20.0 Å². The highest BCUT2D eigenvalue weighted by molar-refractivity contribution is 14.1. The molecular formula is C13H16INO4. The average Bonchev–Trinajstić information content (AvgIpc) is 2.38. The number of hydroxylamine groups is 1. The molecule has 0 fully saturated rings. The van der Waals surface area contributed by atoms with Gasteiger partial charge in [-0.25, -0.2) is 5.48 Å². The number of phenols is 1. The van der Waals surface area contributed by atoms with Crippen LogP contribution in [0.3, 0.4) is 0 Å². The zero-order valence-electron chi connectivity index (χ0n) is 10.6. The molecule has 1 aromatic rings. The van der Waals surface area contributed by atoms with Crippen molar-refractivity contribution >= 4 is 28.5 Å². The van der Waals surface area contributed by atoms with Gasteiger partial charge in [-0.05, 0) is 40.8 Å². The predicted octanol–water partition coefficient (Wildman–Crippen LogP) is 2.12. The SMILES string of the molecule is CC(C)(/C=C/C(=O)NO)[C@H](O)c1cc(I)ccc1O. The molecule has 1 atom stereocenters. The molecule has 1 aromatic carbocycles. The van der Waals surface area contributed by atoms with Crippen molar-refractivity contribution < 1.29 is 20.2 Å². The van der Waals surface area contributed by atoms with Crippen LogP contribution in [0.15, 0.2) is 30.4 Å². The first-order valence-corrected chi connectivity index (χ1v) is 6.65. The number of aliphatic hydroxyl groups excluding tert-OH is 1. The minimum atomic E-state index is -0.982. The van der Waals surface area contributed by atoms with Crippen LogP contribution in [0.5, 0.6) is 5.75 Å². The van der Waals surface area contributed by atoms with E-state index in [9.17, 15) is 15.0 Å². The monoisotopic (exact) mass is 377 g/mol. The number of rotatable bonds is 4. The van der Waals surface area contributed by atoms with E-state index in [1.54, 1.807) is 26.0 Å². The molecule has 1 rings (SSSR count). The van der Waals surface area contributed by atoms with Crippen LogP contribution in [0.4, 0.5) is 0 Å². The molecule has 1 amide bonds. The van der Waals surface area contributed by atoms with E-state index in [-0.39, 0.29) is 5.75 Å². The molecule has 4 N–H and O–H groups in total. The van der Waals surface area contributed by atoms with Crippen LogP contribution in [-0.2, 0) is 4.79 Å². The standard InChI is InChI=1S/C13H16INO4/c1-13(2,6-5-11(17)15-19)12(18)9-7-8(14)3-4-10(9)16/h3-7,12,16,18-19H,1-2H3,(H,15,17)/b6-5+/t12-/m1/s1. The molecule has 0 saturated carbocycles. The summed E-state index contributed by atoms with van der Waals surface area (Å²) >= 11 is 2.08. The Balaban J connectivity index is 3.03. The summed E-state index contributed by atoms with van der Waals surface area (Å²) in [4.78, 5) is 11.0. The predicted molar refractivity (Wildman–Crippen MR) is 78.6 cm³/mol. The lowest BCUT2D eigenvalue weighted by atomic mass is 9.82. The fourth-order valence-electron chi connectivity index (χ4n) is 1.56. The van der Waals surface area contributed by atoms with Crippen LogP contribution < -0.4 is 5.48 Å². The molecule has 5 nitrogen and oxygen atoms in total. The smallest absolute Gasteiger partial charge is 0.267 e. The molecule has 0 saturated heterocycles. The third-order valence-electron chi connectivity index (χ3n) is 2.76. The number of hydrogen-bond acceptors (Lipinski definition) is 4. The highest BCUT2D eigenvalue weighted by Gasteiger charge is 2.28. The number of halogens is 1. The van der Waals surface area contributed by atoms with Gasteiger partial charge in [0.1, 0.15) is 5.75 Å². The topological polar surface area (TPSA) is 89.8 Å². The van der Waals surface area contributed by atoms with Gasteiger partial charge in [0.05, 0.1) is 6.10 Å². The summed E-state index contributed by atoms with van der Waals surface area (Å²) in [5.41, 5.74) is 1.09. The molecule has 0 aromatic heterocycles. The minimum Gasteiger partial charge on any atom is -0.508 e. The van der Waals surface area contributed by atoms with Gasteiger partial charge in [0, 0.05) is 20.6 Å². The maximum absolute atomic E-state index is 11.0. The molecular weight excluding hydrogens is 361 g/mol. The maximum Gasteiger partial charge on any atom is 0.267 e. The lowest BCUT2D eigenvalue weighted by molar-refractivity contribution is -0.124. The third-order valence-corrected chi connectivity index (χ3v) is 3.43. The second kappa shape index (κ2) is 6.36. The minimum absolute atomic E-state index is 0.000927. The van der Waals surface area contributed by atoms with Gasteiger partial charge in [-0.15, -0.1) is 0 Å². The van der Waals surface area contributed by atoms with E-state index in [0.717, 1.165) is 9.65 Å². The normalized spacial score (nSPS) is 13.5. The van der Waals surface area contributed by atoms with E-state index in [2.05, 4.69) is 22.6 Å². The third kappa shape index (κ3) is 4.19. The van der Waals surface area contributed by atoms with Gasteiger partial charge in [-0.2, -0.15) is 0 Å². The van der Waals surface area contributed by atoms with Gasteiger partial charge in [0.2, 0.25) is 0 Å². The Kier molecular flexibility index (Phi) is 5.33. The number of phenolic OH excluding ortho intramolecular Hbond substituents is 1. The van der Waals surface area contributed by atoms with E-state index in [1.165, 1.54) is 17.6 Å². The first-order chi connectivity index (χ1) is 8.77. The Morgan fingerprint density at radius 1 is 1.47 bits per heavy atom. The number of nitrogens with one attached hydrogen (secondary N) is 1. The fraction of sp³-hybridized carbons (Fsp3) is 0.308. The maximum atomic E-state index is 11.0. The molecule has 6 heteroatoms. The Hall–Kier alpha value is -1.12. The quantitative estimate of drug-likeness (QED) is 0.280. The number of benzene rings is 1. The van der Waals surface area contributed by atoms with E-state index in [0.29, 0.717) is 5.56 Å². The summed E-state index contributed by atoms with van der Waals surface area (Å²) in [5.74, 6) is -0.673. The molecule has 0 unspecified atom stereocenters. The number of carbonyl (C=O) groups excluding carboxylic acids is 1. The first kappa shape index (κ1) is 15.9. The van der Waals surface area contributed by atoms with Gasteiger partial charge in [-0.3, -0.25) is 10.0 Å². The van der Waals surface area contributed by atoms with Crippen molar-refractivity contribution in [3.63, 3.8) is 0 Å². The summed E-state index contributed by atoms with van der Waals surface area (Å²) in [5, 5.41) is 28.5.